The molecule has 0 fully saturated rings. The minimum absolute atomic E-state index is 0.125. The summed E-state index contributed by atoms with van der Waals surface area (Å²) in [6.45, 7) is 12.6. The Morgan fingerprint density at radius 3 is 2.30 bits per heavy atom. The van der Waals surface area contributed by atoms with Crippen LogP contribution >= 0.6 is 0 Å². The number of phenolic OH excluding ortho intramolecular Hbond substituents is 1. The summed E-state index contributed by atoms with van der Waals surface area (Å²) in [5.74, 6) is 1.12. The summed E-state index contributed by atoms with van der Waals surface area (Å²) in [6, 6.07) is 11.8. The molecule has 202 valence electrons. The van der Waals surface area contributed by atoms with Crippen molar-refractivity contribution in [3.05, 3.63) is 72.8 Å². The van der Waals surface area contributed by atoms with Crippen molar-refractivity contribution in [2.24, 2.45) is 0 Å². The summed E-state index contributed by atoms with van der Waals surface area (Å²) in [7, 11) is 4.21. The number of quaternary nitrogens is 1. The molecule has 0 aliphatic heterocycles. The van der Waals surface area contributed by atoms with E-state index in [0.29, 0.717) is 17.6 Å². The first kappa shape index (κ1) is 30.2. The van der Waals surface area contributed by atoms with Crippen LogP contribution in [-0.2, 0) is 17.6 Å². The minimum Gasteiger partial charge on any atom is -0.507 e. The highest BCUT2D eigenvalue weighted by atomic mass is 16.5. The van der Waals surface area contributed by atoms with Crippen molar-refractivity contribution in [2.75, 3.05) is 40.3 Å². The van der Waals surface area contributed by atoms with Gasteiger partial charge in [0.1, 0.15) is 11.5 Å². The van der Waals surface area contributed by atoms with Gasteiger partial charge in [-0.15, -0.1) is 13.2 Å². The van der Waals surface area contributed by atoms with Gasteiger partial charge in [0.25, 0.3) is 5.91 Å². The molecule has 1 amide bonds. The Bertz CT molecular complexity index is 1010. The molecule has 37 heavy (non-hydrogen) atoms. The number of aromatic hydroxyl groups is 1. The number of carbonyl (C=O) groups excluding carboxylic acids is 1. The van der Waals surface area contributed by atoms with Crippen LogP contribution in [0.2, 0.25) is 0 Å². The second-order valence-corrected chi connectivity index (χ2v) is 10.5. The first-order chi connectivity index (χ1) is 17.8. The number of nitrogens with zero attached hydrogens (tertiary/aromatic N) is 1. The van der Waals surface area contributed by atoms with Gasteiger partial charge in [-0.3, -0.25) is 4.79 Å². The van der Waals surface area contributed by atoms with Gasteiger partial charge >= 0.3 is 0 Å². The van der Waals surface area contributed by atoms with E-state index in [-0.39, 0.29) is 11.7 Å². The molecule has 0 spiro atoms. The number of nitrogens with one attached hydrogen (secondary N) is 1. The van der Waals surface area contributed by atoms with Gasteiger partial charge in [0, 0.05) is 17.7 Å². The molecule has 2 rings (SSSR count). The van der Waals surface area contributed by atoms with Gasteiger partial charge in [0.2, 0.25) is 0 Å². The molecule has 5 nitrogen and oxygen atoms in total. The molecule has 0 bridgehead atoms. The van der Waals surface area contributed by atoms with E-state index in [4.69, 9.17) is 4.74 Å². The van der Waals surface area contributed by atoms with Crippen molar-refractivity contribution in [1.82, 2.24) is 5.32 Å². The number of phenols is 1. The molecule has 0 atom stereocenters. The largest absolute Gasteiger partial charge is 0.507 e. The highest BCUT2D eigenvalue weighted by Gasteiger charge is 2.19. The van der Waals surface area contributed by atoms with Crippen molar-refractivity contribution in [2.45, 2.75) is 58.3 Å². The van der Waals surface area contributed by atoms with E-state index in [9.17, 15) is 9.90 Å². The lowest BCUT2D eigenvalue weighted by molar-refractivity contribution is -0.882. The molecule has 2 N–H and O–H groups in total. The third-order valence-corrected chi connectivity index (χ3v) is 6.49. The van der Waals surface area contributed by atoms with E-state index >= 15 is 0 Å². The Balaban J connectivity index is 1.93. The van der Waals surface area contributed by atoms with Crippen molar-refractivity contribution in [3.8, 4) is 22.6 Å². The van der Waals surface area contributed by atoms with Crippen LogP contribution < -0.4 is 10.1 Å². The predicted octanol–water partition coefficient (Wildman–Crippen LogP) is 6.45. The lowest BCUT2D eigenvalue weighted by Crippen LogP contribution is -2.48. The lowest BCUT2D eigenvalue weighted by atomic mass is 9.97. The molecule has 0 saturated carbocycles. The predicted molar refractivity (Wildman–Crippen MR) is 155 cm³/mol. The molecule has 0 radical (unpaired) electrons. The number of hydrogen-bond acceptors (Lipinski definition) is 3. The average Bonchev–Trinajstić information content (AvgIpc) is 2.85. The highest BCUT2D eigenvalue weighted by Crippen LogP contribution is 2.37. The van der Waals surface area contributed by atoms with Gasteiger partial charge in [-0.25, -0.2) is 0 Å². The van der Waals surface area contributed by atoms with Crippen LogP contribution in [0.4, 0.5) is 0 Å². The third-order valence-electron chi connectivity index (χ3n) is 6.49. The molecular formula is C32H47N2O3+. The van der Waals surface area contributed by atoms with Gasteiger partial charge in [-0.1, -0.05) is 50.5 Å². The Morgan fingerprint density at radius 2 is 1.62 bits per heavy atom. The number of hydrogen-bond donors (Lipinski definition) is 2. The first-order valence-corrected chi connectivity index (χ1v) is 13.7. The maximum Gasteiger partial charge on any atom is 0.275 e. The molecule has 0 heterocycles. The number of carbonyl (C=O) groups is 1. The normalized spacial score (nSPS) is 11.2. The smallest absolute Gasteiger partial charge is 0.275 e. The number of unbranched alkanes of at least 4 members (excludes halogenated alkanes) is 4. The zero-order chi connectivity index (χ0) is 27.1. The summed E-state index contributed by atoms with van der Waals surface area (Å²) < 4.78 is 6.88. The van der Waals surface area contributed by atoms with E-state index in [1.807, 2.05) is 36.4 Å². The quantitative estimate of drug-likeness (QED) is 0.139. The minimum atomic E-state index is 0.125. The van der Waals surface area contributed by atoms with Crippen LogP contribution in [0.5, 0.6) is 11.5 Å². The molecule has 0 aliphatic rings. The van der Waals surface area contributed by atoms with Crippen LogP contribution in [0.25, 0.3) is 11.1 Å². The molecule has 0 unspecified atom stereocenters. The summed E-state index contributed by atoms with van der Waals surface area (Å²) in [5, 5.41) is 13.7. The maximum atomic E-state index is 12.3. The first-order valence-electron chi connectivity index (χ1n) is 13.7. The molecule has 5 heteroatoms. The monoisotopic (exact) mass is 507 g/mol. The van der Waals surface area contributed by atoms with Crippen molar-refractivity contribution in [1.29, 1.82) is 0 Å². The van der Waals surface area contributed by atoms with Crippen molar-refractivity contribution in [3.63, 3.8) is 0 Å². The summed E-state index contributed by atoms with van der Waals surface area (Å²) in [6.07, 6.45) is 11.7. The average molecular weight is 508 g/mol. The number of likely N-dealkylation sites (N-methyl/N-ethyl adjacent to an activating group) is 1. The molecule has 2 aromatic carbocycles. The van der Waals surface area contributed by atoms with Gasteiger partial charge < -0.3 is 19.6 Å². The van der Waals surface area contributed by atoms with Crippen LogP contribution in [0.3, 0.4) is 0 Å². The second kappa shape index (κ2) is 15.9. The Hall–Kier alpha value is -3.05. The fourth-order valence-electron chi connectivity index (χ4n) is 4.43. The van der Waals surface area contributed by atoms with E-state index < -0.39 is 0 Å². The van der Waals surface area contributed by atoms with Crippen LogP contribution in [0.1, 0.15) is 56.6 Å². The Labute approximate surface area is 224 Å². The van der Waals surface area contributed by atoms with E-state index in [0.717, 1.165) is 73.2 Å². The zero-order valence-electron chi connectivity index (χ0n) is 23.2. The number of ether oxygens (including phenoxy) is 1. The number of allylic oxidation sites excluding steroid dienone is 2. The van der Waals surface area contributed by atoms with Crippen molar-refractivity contribution >= 4 is 5.91 Å². The SMILES string of the molecule is C=CCc1ccc(O)c(-c2cc(CC=C)ccc2OCCCC[N+](C)(C)CC(=O)NCCCCCC)c1. The highest BCUT2D eigenvalue weighted by molar-refractivity contribution is 5.77. The summed E-state index contributed by atoms with van der Waals surface area (Å²) in [4.78, 5) is 12.3. The van der Waals surface area contributed by atoms with Gasteiger partial charge in [0.05, 0.1) is 27.2 Å². The topological polar surface area (TPSA) is 58.6 Å². The summed E-state index contributed by atoms with van der Waals surface area (Å²) in [5.41, 5.74) is 3.86. The Kier molecular flexibility index (Phi) is 13.0. The molecule has 0 aliphatic carbocycles. The van der Waals surface area contributed by atoms with Crippen LogP contribution in [0, 0.1) is 0 Å². The zero-order valence-corrected chi connectivity index (χ0v) is 23.2. The number of rotatable bonds is 18. The van der Waals surface area contributed by atoms with Gasteiger partial charge in [0.15, 0.2) is 6.54 Å². The number of amides is 1. The van der Waals surface area contributed by atoms with Crippen LogP contribution in [0.15, 0.2) is 61.7 Å². The lowest BCUT2D eigenvalue weighted by Gasteiger charge is -2.29. The van der Waals surface area contributed by atoms with Crippen LogP contribution in [-0.4, -0.2) is 55.8 Å². The third kappa shape index (κ3) is 10.8. The fraction of sp³-hybridized carbons (Fsp3) is 0.469. The second-order valence-electron chi connectivity index (χ2n) is 10.5. The van der Waals surface area contributed by atoms with E-state index in [1.54, 1.807) is 6.07 Å². The molecular weight excluding hydrogens is 460 g/mol. The van der Waals surface area contributed by atoms with Gasteiger partial charge in [-0.05, 0) is 67.5 Å². The van der Waals surface area contributed by atoms with Crippen molar-refractivity contribution < 1.29 is 19.1 Å². The molecule has 0 aromatic heterocycles. The fourth-order valence-corrected chi connectivity index (χ4v) is 4.43. The van der Waals surface area contributed by atoms with Gasteiger partial charge in [-0.2, -0.15) is 0 Å². The molecule has 2 aromatic rings. The van der Waals surface area contributed by atoms with E-state index in [1.165, 1.54) is 19.3 Å². The maximum absolute atomic E-state index is 12.3. The standard InChI is InChI=1S/C32H46N2O3/c1-6-9-10-11-20-33-32(36)25-34(4,5)21-12-13-22-37-31-19-17-27(15-8-3)24-29(31)28-23-26(14-7-2)16-18-30(28)35/h7-8,16-19,23-24H,2-3,6,9-15,20-22,25H2,1,4-5H3,(H-,33,35,36)/p+1. The molecule has 0 saturated heterocycles. The van der Waals surface area contributed by atoms with E-state index in [2.05, 4.69) is 45.6 Å². The number of benzene rings is 2. The summed E-state index contributed by atoms with van der Waals surface area (Å²) >= 11 is 0. The Morgan fingerprint density at radius 1 is 0.946 bits per heavy atom.